The zero-order chi connectivity index (χ0) is 16.7. The van der Waals surface area contributed by atoms with Gasteiger partial charge < -0.3 is 14.4 Å². The van der Waals surface area contributed by atoms with Crippen LogP contribution in [0.5, 0.6) is 0 Å². The van der Waals surface area contributed by atoms with Crippen molar-refractivity contribution >= 4 is 22.0 Å². The number of hydrogen-bond acceptors (Lipinski definition) is 5. The lowest BCUT2D eigenvalue weighted by molar-refractivity contribution is -0.140. The summed E-state index contributed by atoms with van der Waals surface area (Å²) < 4.78 is 32.4. The number of sulfonamides is 1. The van der Waals surface area contributed by atoms with Gasteiger partial charge in [-0.1, -0.05) is 0 Å². The van der Waals surface area contributed by atoms with Gasteiger partial charge in [-0.3, -0.25) is 4.79 Å². The molecule has 1 aliphatic heterocycles. The molecule has 1 aliphatic rings. The summed E-state index contributed by atoms with van der Waals surface area (Å²) in [6.07, 6.45) is 2.09. The molecule has 8 nitrogen and oxygen atoms in total. The first-order valence-corrected chi connectivity index (χ1v) is 8.15. The summed E-state index contributed by atoms with van der Waals surface area (Å²) in [5.74, 6) is -1.82. The van der Waals surface area contributed by atoms with E-state index in [1.54, 1.807) is 6.92 Å². The second-order valence-corrected chi connectivity index (χ2v) is 7.07. The molecule has 1 saturated heterocycles. The molecule has 1 N–H and O–H groups in total. The third-order valence-corrected chi connectivity index (χ3v) is 5.91. The fourth-order valence-corrected chi connectivity index (χ4v) is 4.75. The molecule has 22 heavy (non-hydrogen) atoms. The molecule has 0 aliphatic carbocycles. The maximum Gasteiger partial charge on any atom is 0.339 e. The summed E-state index contributed by atoms with van der Waals surface area (Å²) in [5.41, 5.74) is 0.0994. The second kappa shape index (κ2) is 5.73. The van der Waals surface area contributed by atoms with Crippen LogP contribution in [0, 0.1) is 0 Å². The van der Waals surface area contributed by atoms with Crippen molar-refractivity contribution in [3.63, 3.8) is 0 Å². The Bertz CT molecular complexity index is 708. The Morgan fingerprint density at radius 1 is 1.36 bits per heavy atom. The lowest BCUT2D eigenvalue weighted by Crippen LogP contribution is -2.44. The zero-order valence-electron chi connectivity index (χ0n) is 12.5. The molecule has 1 aromatic rings. The van der Waals surface area contributed by atoms with Gasteiger partial charge in [0.05, 0.1) is 12.7 Å². The highest BCUT2D eigenvalue weighted by Gasteiger charge is 2.44. The molecule has 0 amide bonds. The van der Waals surface area contributed by atoms with Gasteiger partial charge in [0.15, 0.2) is 5.03 Å². The molecule has 0 saturated carbocycles. The first-order chi connectivity index (χ1) is 10.2. The summed E-state index contributed by atoms with van der Waals surface area (Å²) >= 11 is 0. The number of rotatable bonds is 4. The molecular weight excluding hydrogens is 312 g/mol. The number of carboxylic acid groups (broad SMARTS) is 1. The van der Waals surface area contributed by atoms with E-state index < -0.39 is 34.0 Å². The Morgan fingerprint density at radius 3 is 2.55 bits per heavy atom. The molecule has 0 aromatic carbocycles. The predicted octanol–water partition coefficient (Wildman–Crippen LogP) is 0.438. The fraction of sp³-hybridized carbons (Fsp3) is 0.538. The van der Waals surface area contributed by atoms with Crippen LogP contribution in [0.1, 0.15) is 30.1 Å². The van der Waals surface area contributed by atoms with Gasteiger partial charge in [0, 0.05) is 19.3 Å². The van der Waals surface area contributed by atoms with Crippen LogP contribution in [0.25, 0.3) is 0 Å². The second-order valence-electron chi connectivity index (χ2n) is 5.28. The topological polar surface area (TPSA) is 106 Å². The molecule has 2 atom stereocenters. The summed E-state index contributed by atoms with van der Waals surface area (Å²) in [5, 5.41) is 9.09. The van der Waals surface area contributed by atoms with Gasteiger partial charge in [0.1, 0.15) is 6.04 Å². The lowest BCUT2D eigenvalue weighted by atomic mass is 10.2. The quantitative estimate of drug-likeness (QED) is 0.803. The number of aryl methyl sites for hydroxylation is 1. The van der Waals surface area contributed by atoms with Gasteiger partial charge >= 0.3 is 11.9 Å². The fourth-order valence-electron chi connectivity index (χ4n) is 2.74. The van der Waals surface area contributed by atoms with Gasteiger partial charge in [0.25, 0.3) is 10.0 Å². The predicted molar refractivity (Wildman–Crippen MR) is 75.9 cm³/mol. The Labute approximate surface area is 128 Å². The molecular formula is C13H18N2O6S. The molecule has 0 unspecified atom stereocenters. The first kappa shape index (κ1) is 16.5. The molecule has 1 fully saturated rings. The number of ether oxygens (including phenoxy) is 1. The average Bonchev–Trinajstić information content (AvgIpc) is 3.01. The van der Waals surface area contributed by atoms with Gasteiger partial charge in [-0.25, -0.2) is 13.2 Å². The van der Waals surface area contributed by atoms with Gasteiger partial charge in [-0.15, -0.1) is 0 Å². The van der Waals surface area contributed by atoms with Gasteiger partial charge in [-0.2, -0.15) is 4.31 Å². The number of carbonyl (C=O) groups is 2. The van der Waals surface area contributed by atoms with Crippen molar-refractivity contribution in [3.05, 3.63) is 17.8 Å². The monoisotopic (exact) mass is 330 g/mol. The molecule has 1 aromatic heterocycles. The third-order valence-electron chi connectivity index (χ3n) is 3.81. The van der Waals surface area contributed by atoms with Crippen molar-refractivity contribution in [2.75, 3.05) is 7.11 Å². The number of hydrogen-bond donors (Lipinski definition) is 1. The SMILES string of the molecule is COC(=O)c1cc(S(=O)(=O)N2[C@@H](C)CC[C@H]2C(=O)O)n(C)c1. The van der Waals surface area contributed by atoms with E-state index in [0.29, 0.717) is 6.42 Å². The molecule has 0 bridgehead atoms. The summed E-state index contributed by atoms with van der Waals surface area (Å²) in [4.78, 5) is 22.8. The minimum atomic E-state index is -4.03. The van der Waals surface area contributed by atoms with E-state index in [9.17, 15) is 23.1 Å². The third kappa shape index (κ3) is 2.61. The minimum Gasteiger partial charge on any atom is -0.480 e. The van der Waals surface area contributed by atoms with E-state index in [-0.39, 0.29) is 17.0 Å². The summed E-state index contributed by atoms with van der Waals surface area (Å²) in [6, 6.07) is -0.301. The van der Waals surface area contributed by atoms with Crippen LogP contribution in [0.3, 0.4) is 0 Å². The first-order valence-electron chi connectivity index (χ1n) is 6.71. The van der Waals surface area contributed by atoms with Crippen molar-refractivity contribution in [1.29, 1.82) is 0 Å². The standard InChI is InChI=1S/C13H18N2O6S/c1-8-4-5-10(12(16)17)15(8)22(19,20)11-6-9(7-14(11)2)13(18)21-3/h6-8,10H,4-5H2,1-3H3,(H,16,17)/t8-,10-/m0/s1. The number of aliphatic carboxylic acids is 1. The minimum absolute atomic E-state index is 0.0994. The van der Waals surface area contributed by atoms with E-state index in [1.807, 2.05) is 0 Å². The Kier molecular flexibility index (Phi) is 4.30. The van der Waals surface area contributed by atoms with Crippen molar-refractivity contribution in [2.45, 2.75) is 36.9 Å². The smallest absolute Gasteiger partial charge is 0.339 e. The Hall–Kier alpha value is -1.87. The summed E-state index contributed by atoms with van der Waals surface area (Å²) in [6.45, 7) is 1.67. The maximum absolute atomic E-state index is 12.8. The van der Waals surface area contributed by atoms with Crippen molar-refractivity contribution in [2.24, 2.45) is 7.05 Å². The number of aromatic nitrogens is 1. The maximum atomic E-state index is 12.8. The van der Waals surface area contributed by atoms with Gasteiger partial charge in [0.2, 0.25) is 0 Å². The zero-order valence-corrected chi connectivity index (χ0v) is 13.3. The Balaban J connectivity index is 2.48. The van der Waals surface area contributed by atoms with Gasteiger partial charge in [-0.05, 0) is 25.8 Å². The molecule has 122 valence electrons. The number of carbonyl (C=O) groups excluding carboxylic acids is 1. The highest BCUT2D eigenvalue weighted by atomic mass is 32.2. The number of esters is 1. The van der Waals surface area contributed by atoms with Crippen LogP contribution in [0.15, 0.2) is 17.3 Å². The van der Waals surface area contributed by atoms with Crippen molar-refractivity contribution < 1.29 is 27.9 Å². The van der Waals surface area contributed by atoms with Crippen LogP contribution in [0.4, 0.5) is 0 Å². The molecule has 0 radical (unpaired) electrons. The molecule has 2 heterocycles. The van der Waals surface area contributed by atoms with Crippen molar-refractivity contribution in [3.8, 4) is 0 Å². The van der Waals surface area contributed by atoms with Crippen LogP contribution in [-0.4, -0.2) is 53.5 Å². The summed E-state index contributed by atoms with van der Waals surface area (Å²) in [7, 11) is -1.34. The number of carboxylic acids is 1. The largest absolute Gasteiger partial charge is 0.480 e. The van der Waals surface area contributed by atoms with Crippen LogP contribution >= 0.6 is 0 Å². The van der Waals surface area contributed by atoms with E-state index in [4.69, 9.17) is 0 Å². The number of methoxy groups -OCH3 is 1. The van der Waals surface area contributed by atoms with Crippen molar-refractivity contribution in [1.82, 2.24) is 8.87 Å². The normalized spacial score (nSPS) is 22.7. The van der Waals surface area contributed by atoms with E-state index in [0.717, 1.165) is 4.31 Å². The van der Waals surface area contributed by atoms with E-state index in [2.05, 4.69) is 4.74 Å². The van der Waals surface area contributed by atoms with Crippen LogP contribution in [0.2, 0.25) is 0 Å². The molecule has 2 rings (SSSR count). The lowest BCUT2D eigenvalue weighted by Gasteiger charge is -2.25. The van der Waals surface area contributed by atoms with Crippen LogP contribution in [-0.2, 0) is 26.6 Å². The Morgan fingerprint density at radius 2 is 2.00 bits per heavy atom. The number of nitrogens with zero attached hydrogens (tertiary/aromatic N) is 2. The van der Waals surface area contributed by atoms with E-state index >= 15 is 0 Å². The average molecular weight is 330 g/mol. The molecule has 9 heteroatoms. The highest BCUT2D eigenvalue weighted by molar-refractivity contribution is 7.89. The van der Waals surface area contributed by atoms with Crippen LogP contribution < -0.4 is 0 Å². The highest BCUT2D eigenvalue weighted by Crippen LogP contribution is 2.31. The molecule has 0 spiro atoms. The van der Waals surface area contributed by atoms with E-state index in [1.165, 1.54) is 31.0 Å².